The van der Waals surface area contributed by atoms with E-state index in [4.69, 9.17) is 0 Å². The summed E-state index contributed by atoms with van der Waals surface area (Å²) in [7, 11) is 2.02. The molecular weight excluding hydrogens is 292 g/mol. The Bertz CT molecular complexity index is 478. The summed E-state index contributed by atoms with van der Waals surface area (Å²) in [5.41, 5.74) is 1.26. The van der Waals surface area contributed by atoms with E-state index < -0.39 is 0 Å². The van der Waals surface area contributed by atoms with Crippen LogP contribution in [0, 0.1) is 11.8 Å². The number of hydrogen-bond donors (Lipinski definition) is 0. The molecule has 1 fully saturated rings. The van der Waals surface area contributed by atoms with Crippen LogP contribution in [0.15, 0.2) is 29.2 Å². The Morgan fingerprint density at radius 3 is 2.36 bits per heavy atom. The molecule has 2 atom stereocenters. The van der Waals surface area contributed by atoms with Crippen molar-refractivity contribution in [2.75, 3.05) is 32.9 Å². The number of piperidine rings is 1. The average molecular weight is 321 g/mol. The highest BCUT2D eigenvalue weighted by Crippen LogP contribution is 2.21. The van der Waals surface area contributed by atoms with Gasteiger partial charge in [-0.05, 0) is 49.3 Å². The molecule has 1 aromatic rings. The number of likely N-dealkylation sites (N-methyl/N-ethyl adjacent to an activating group) is 1. The molecule has 1 aliphatic heterocycles. The Hall–Kier alpha value is -1.00. The van der Waals surface area contributed by atoms with E-state index in [0.29, 0.717) is 18.4 Å². The van der Waals surface area contributed by atoms with Crippen LogP contribution in [0.25, 0.3) is 0 Å². The molecule has 2 rings (SSSR count). The van der Waals surface area contributed by atoms with Gasteiger partial charge in [0.1, 0.15) is 0 Å². The summed E-state index contributed by atoms with van der Waals surface area (Å²) < 4.78 is 0. The summed E-state index contributed by atoms with van der Waals surface area (Å²) in [5.74, 6) is 1.51. The fraction of sp³-hybridized carbons (Fsp3) is 0.611. The van der Waals surface area contributed by atoms with E-state index in [1.165, 1.54) is 16.9 Å². The van der Waals surface area contributed by atoms with Gasteiger partial charge in [0.2, 0.25) is 5.91 Å². The molecule has 0 aromatic heterocycles. The first-order chi connectivity index (χ1) is 10.5. The Morgan fingerprint density at radius 2 is 1.82 bits per heavy atom. The minimum atomic E-state index is 0.265. The minimum Gasteiger partial charge on any atom is -0.341 e. The fourth-order valence-electron chi connectivity index (χ4n) is 3.30. The van der Waals surface area contributed by atoms with E-state index in [1.807, 2.05) is 11.9 Å². The Kier molecular flexibility index (Phi) is 6.33. The predicted octanol–water partition coefficient (Wildman–Crippen LogP) is 3.34. The molecule has 122 valence electrons. The SMILES string of the molecule is CSc1ccc(CN(C)CC(=O)N2CC(C)CC(C)C2)cc1. The van der Waals surface area contributed by atoms with Crippen LogP contribution < -0.4 is 0 Å². The van der Waals surface area contributed by atoms with Crippen molar-refractivity contribution in [1.29, 1.82) is 0 Å². The molecule has 1 aromatic carbocycles. The smallest absolute Gasteiger partial charge is 0.236 e. The molecule has 1 amide bonds. The van der Waals surface area contributed by atoms with Crippen LogP contribution in [0.5, 0.6) is 0 Å². The fourth-order valence-corrected chi connectivity index (χ4v) is 3.70. The molecule has 1 saturated heterocycles. The minimum absolute atomic E-state index is 0.265. The first kappa shape index (κ1) is 17.4. The Balaban J connectivity index is 1.85. The van der Waals surface area contributed by atoms with E-state index >= 15 is 0 Å². The Labute approximate surface area is 139 Å². The number of carbonyl (C=O) groups is 1. The maximum atomic E-state index is 12.5. The van der Waals surface area contributed by atoms with Gasteiger partial charge >= 0.3 is 0 Å². The number of likely N-dealkylation sites (tertiary alicyclic amines) is 1. The second kappa shape index (κ2) is 8.02. The van der Waals surface area contributed by atoms with Crippen molar-refractivity contribution < 1.29 is 4.79 Å². The lowest BCUT2D eigenvalue weighted by Gasteiger charge is -2.35. The molecule has 0 radical (unpaired) electrons. The summed E-state index contributed by atoms with van der Waals surface area (Å²) in [5, 5.41) is 0. The zero-order chi connectivity index (χ0) is 16.1. The van der Waals surface area contributed by atoms with E-state index in [2.05, 4.69) is 49.3 Å². The number of nitrogens with zero attached hydrogens (tertiary/aromatic N) is 2. The molecule has 0 N–H and O–H groups in total. The summed E-state index contributed by atoms with van der Waals surface area (Å²) in [6.07, 6.45) is 3.32. The normalized spacial score (nSPS) is 22.1. The number of hydrogen-bond acceptors (Lipinski definition) is 3. The lowest BCUT2D eigenvalue weighted by Crippen LogP contribution is -2.46. The summed E-state index contributed by atoms with van der Waals surface area (Å²) >= 11 is 1.75. The van der Waals surface area contributed by atoms with Crippen LogP contribution >= 0.6 is 11.8 Å². The van der Waals surface area contributed by atoms with Gasteiger partial charge in [0.25, 0.3) is 0 Å². The third-order valence-electron chi connectivity index (χ3n) is 4.24. The van der Waals surface area contributed by atoms with Gasteiger partial charge in [-0.3, -0.25) is 9.69 Å². The van der Waals surface area contributed by atoms with Gasteiger partial charge in [-0.2, -0.15) is 0 Å². The zero-order valence-corrected chi connectivity index (χ0v) is 15.0. The molecule has 0 spiro atoms. The number of thioether (sulfide) groups is 1. The van der Waals surface area contributed by atoms with Gasteiger partial charge in [-0.15, -0.1) is 11.8 Å². The molecule has 4 heteroatoms. The molecule has 0 aliphatic carbocycles. The first-order valence-electron chi connectivity index (χ1n) is 8.07. The van der Waals surface area contributed by atoms with Crippen molar-refractivity contribution in [3.8, 4) is 0 Å². The van der Waals surface area contributed by atoms with Gasteiger partial charge in [-0.1, -0.05) is 26.0 Å². The molecule has 1 heterocycles. The summed E-state index contributed by atoms with van der Waals surface area (Å²) in [6.45, 7) is 7.64. The van der Waals surface area contributed by atoms with E-state index in [0.717, 1.165) is 19.6 Å². The largest absolute Gasteiger partial charge is 0.341 e. The molecule has 0 saturated carbocycles. The van der Waals surface area contributed by atoms with Crippen molar-refractivity contribution in [3.05, 3.63) is 29.8 Å². The van der Waals surface area contributed by atoms with Crippen LogP contribution in [0.3, 0.4) is 0 Å². The molecular formula is C18H28N2OS. The first-order valence-corrected chi connectivity index (χ1v) is 9.29. The molecule has 2 unspecified atom stereocenters. The summed E-state index contributed by atoms with van der Waals surface area (Å²) in [4.78, 5) is 17.9. The van der Waals surface area contributed by atoms with Gasteiger partial charge in [-0.25, -0.2) is 0 Å². The third kappa shape index (κ3) is 5.03. The van der Waals surface area contributed by atoms with Gasteiger partial charge in [0.05, 0.1) is 6.54 Å². The van der Waals surface area contributed by atoms with Crippen LogP contribution in [0.2, 0.25) is 0 Å². The second-order valence-electron chi connectivity index (χ2n) is 6.77. The van der Waals surface area contributed by atoms with Crippen molar-refractivity contribution in [2.24, 2.45) is 11.8 Å². The third-order valence-corrected chi connectivity index (χ3v) is 4.98. The maximum absolute atomic E-state index is 12.5. The van der Waals surface area contributed by atoms with Crippen LogP contribution in [-0.4, -0.2) is 48.6 Å². The number of carbonyl (C=O) groups excluding carboxylic acids is 1. The van der Waals surface area contributed by atoms with E-state index in [-0.39, 0.29) is 5.91 Å². The highest BCUT2D eigenvalue weighted by molar-refractivity contribution is 7.98. The van der Waals surface area contributed by atoms with Gasteiger partial charge in [0.15, 0.2) is 0 Å². The van der Waals surface area contributed by atoms with Gasteiger partial charge in [0, 0.05) is 24.5 Å². The number of amides is 1. The Morgan fingerprint density at radius 1 is 1.23 bits per heavy atom. The molecule has 3 nitrogen and oxygen atoms in total. The quantitative estimate of drug-likeness (QED) is 0.777. The van der Waals surface area contributed by atoms with Crippen LogP contribution in [0.1, 0.15) is 25.8 Å². The number of benzene rings is 1. The van der Waals surface area contributed by atoms with Crippen molar-refractivity contribution in [3.63, 3.8) is 0 Å². The van der Waals surface area contributed by atoms with Crippen molar-refractivity contribution >= 4 is 17.7 Å². The van der Waals surface area contributed by atoms with Crippen molar-refractivity contribution in [1.82, 2.24) is 9.80 Å². The topological polar surface area (TPSA) is 23.6 Å². The lowest BCUT2D eigenvalue weighted by atomic mass is 9.92. The summed E-state index contributed by atoms with van der Waals surface area (Å²) in [6, 6.07) is 8.59. The monoisotopic (exact) mass is 320 g/mol. The van der Waals surface area contributed by atoms with E-state index in [9.17, 15) is 4.79 Å². The highest BCUT2D eigenvalue weighted by Gasteiger charge is 2.25. The number of rotatable bonds is 5. The van der Waals surface area contributed by atoms with Crippen LogP contribution in [0.4, 0.5) is 0 Å². The lowest BCUT2D eigenvalue weighted by molar-refractivity contribution is -0.134. The van der Waals surface area contributed by atoms with E-state index in [1.54, 1.807) is 11.8 Å². The second-order valence-corrected chi connectivity index (χ2v) is 7.64. The van der Waals surface area contributed by atoms with Gasteiger partial charge < -0.3 is 4.90 Å². The average Bonchev–Trinajstić information content (AvgIpc) is 2.47. The molecule has 0 bridgehead atoms. The molecule has 1 aliphatic rings. The van der Waals surface area contributed by atoms with Crippen LogP contribution in [-0.2, 0) is 11.3 Å². The predicted molar refractivity (Wildman–Crippen MR) is 94.1 cm³/mol. The zero-order valence-electron chi connectivity index (χ0n) is 14.2. The highest BCUT2D eigenvalue weighted by atomic mass is 32.2. The standard InChI is InChI=1S/C18H28N2OS/c1-14-9-15(2)11-20(10-14)18(21)13-19(3)12-16-5-7-17(22-4)8-6-16/h5-8,14-15H,9-13H2,1-4H3. The molecule has 22 heavy (non-hydrogen) atoms. The maximum Gasteiger partial charge on any atom is 0.236 e. The van der Waals surface area contributed by atoms with Crippen molar-refractivity contribution in [2.45, 2.75) is 31.7 Å².